The van der Waals surface area contributed by atoms with Gasteiger partial charge in [-0.2, -0.15) is 0 Å². The number of ether oxygens (including phenoxy) is 1. The minimum Gasteiger partial charge on any atom is -0.496 e. The van der Waals surface area contributed by atoms with Gasteiger partial charge in [0.25, 0.3) is 0 Å². The van der Waals surface area contributed by atoms with Gasteiger partial charge in [-0.1, -0.05) is 35.7 Å². The molecule has 1 aromatic carbocycles. The third-order valence-electron chi connectivity index (χ3n) is 2.46. The molecule has 0 radical (unpaired) electrons. The van der Waals surface area contributed by atoms with Crippen molar-refractivity contribution in [1.29, 1.82) is 0 Å². The number of nitrogens with two attached hydrogens (primary N) is 1. The molecule has 0 saturated carbocycles. The summed E-state index contributed by atoms with van der Waals surface area (Å²) in [4.78, 5) is 0. The molecule has 15 heavy (non-hydrogen) atoms. The SMILES string of the molecule is CCCC[C@H](N)c1cc(Br)ccc1OC. The van der Waals surface area contributed by atoms with E-state index in [1.807, 2.05) is 18.2 Å². The van der Waals surface area contributed by atoms with Crippen molar-refractivity contribution in [3.05, 3.63) is 28.2 Å². The highest BCUT2D eigenvalue weighted by atomic mass is 79.9. The molecule has 2 N–H and O–H groups in total. The largest absolute Gasteiger partial charge is 0.496 e. The first-order valence-corrected chi connectivity index (χ1v) is 6.07. The van der Waals surface area contributed by atoms with Crippen molar-refractivity contribution in [2.24, 2.45) is 5.73 Å². The molecule has 84 valence electrons. The molecule has 1 atom stereocenters. The van der Waals surface area contributed by atoms with Crippen LogP contribution in [0.5, 0.6) is 5.75 Å². The first-order valence-electron chi connectivity index (χ1n) is 5.28. The molecule has 0 aliphatic heterocycles. The Morgan fingerprint density at radius 2 is 2.20 bits per heavy atom. The average molecular weight is 272 g/mol. The summed E-state index contributed by atoms with van der Waals surface area (Å²) in [5, 5.41) is 0. The quantitative estimate of drug-likeness (QED) is 0.888. The van der Waals surface area contributed by atoms with Crippen molar-refractivity contribution >= 4 is 15.9 Å². The lowest BCUT2D eigenvalue weighted by atomic mass is 10.0. The highest BCUT2D eigenvalue weighted by molar-refractivity contribution is 9.10. The maximum Gasteiger partial charge on any atom is 0.123 e. The summed E-state index contributed by atoms with van der Waals surface area (Å²) in [5.74, 6) is 0.877. The zero-order valence-electron chi connectivity index (χ0n) is 9.29. The molecule has 0 aliphatic rings. The van der Waals surface area contributed by atoms with Crippen molar-refractivity contribution < 1.29 is 4.74 Å². The Balaban J connectivity index is 2.85. The summed E-state index contributed by atoms with van der Waals surface area (Å²) >= 11 is 3.45. The van der Waals surface area contributed by atoms with Gasteiger partial charge in [-0.25, -0.2) is 0 Å². The van der Waals surface area contributed by atoms with Gasteiger partial charge in [0.05, 0.1) is 7.11 Å². The zero-order valence-corrected chi connectivity index (χ0v) is 10.9. The lowest BCUT2D eigenvalue weighted by Crippen LogP contribution is -2.11. The summed E-state index contributed by atoms with van der Waals surface area (Å²) in [5.41, 5.74) is 7.21. The fourth-order valence-electron chi connectivity index (χ4n) is 1.57. The normalized spacial score (nSPS) is 12.5. The molecule has 0 bridgehead atoms. The van der Waals surface area contributed by atoms with Crippen LogP contribution in [0.25, 0.3) is 0 Å². The summed E-state index contributed by atoms with van der Waals surface area (Å²) in [6.07, 6.45) is 3.32. The molecule has 1 aromatic rings. The van der Waals surface area contributed by atoms with Crippen molar-refractivity contribution in [1.82, 2.24) is 0 Å². The van der Waals surface area contributed by atoms with Crippen LogP contribution in [0.1, 0.15) is 37.8 Å². The predicted molar refractivity (Wildman–Crippen MR) is 67.1 cm³/mol. The Morgan fingerprint density at radius 1 is 1.47 bits per heavy atom. The van der Waals surface area contributed by atoms with Crippen molar-refractivity contribution in [3.63, 3.8) is 0 Å². The van der Waals surface area contributed by atoms with Crippen LogP contribution in [-0.4, -0.2) is 7.11 Å². The van der Waals surface area contributed by atoms with Crippen LogP contribution < -0.4 is 10.5 Å². The summed E-state index contributed by atoms with van der Waals surface area (Å²) in [6, 6.07) is 6.02. The van der Waals surface area contributed by atoms with Crippen molar-refractivity contribution in [2.45, 2.75) is 32.2 Å². The molecule has 0 aromatic heterocycles. The Hall–Kier alpha value is -0.540. The van der Waals surface area contributed by atoms with Crippen molar-refractivity contribution in [2.75, 3.05) is 7.11 Å². The highest BCUT2D eigenvalue weighted by Gasteiger charge is 2.11. The predicted octanol–water partition coefficient (Wildman–Crippen LogP) is 3.65. The van der Waals surface area contributed by atoms with E-state index in [-0.39, 0.29) is 6.04 Å². The Labute approximate surface area is 99.9 Å². The summed E-state index contributed by atoms with van der Waals surface area (Å²) in [6.45, 7) is 2.17. The smallest absolute Gasteiger partial charge is 0.123 e. The number of benzene rings is 1. The Morgan fingerprint density at radius 3 is 2.80 bits per heavy atom. The second-order valence-corrected chi connectivity index (χ2v) is 4.55. The topological polar surface area (TPSA) is 35.2 Å². The first kappa shape index (κ1) is 12.5. The molecular formula is C12H18BrNO. The van der Waals surface area contributed by atoms with Gasteiger partial charge in [0.2, 0.25) is 0 Å². The summed E-state index contributed by atoms with van der Waals surface area (Å²) < 4.78 is 6.35. The average Bonchev–Trinajstić information content (AvgIpc) is 2.25. The molecule has 0 spiro atoms. The van der Waals surface area contributed by atoms with Gasteiger partial charge in [0, 0.05) is 16.1 Å². The van der Waals surface area contributed by atoms with Gasteiger partial charge in [-0.15, -0.1) is 0 Å². The molecule has 2 nitrogen and oxygen atoms in total. The van der Waals surface area contributed by atoms with Crippen LogP contribution in [0.2, 0.25) is 0 Å². The maximum atomic E-state index is 6.13. The fraction of sp³-hybridized carbons (Fsp3) is 0.500. The van der Waals surface area contributed by atoms with Crippen LogP contribution >= 0.6 is 15.9 Å². The minimum atomic E-state index is 0.0670. The lowest BCUT2D eigenvalue weighted by molar-refractivity contribution is 0.403. The molecule has 0 fully saturated rings. The second kappa shape index (κ2) is 6.13. The van der Waals surface area contributed by atoms with E-state index in [9.17, 15) is 0 Å². The minimum absolute atomic E-state index is 0.0670. The van der Waals surface area contributed by atoms with Gasteiger partial charge in [-0.3, -0.25) is 0 Å². The van der Waals surface area contributed by atoms with Crippen molar-refractivity contribution in [3.8, 4) is 5.75 Å². The van der Waals surface area contributed by atoms with Gasteiger partial charge in [0.1, 0.15) is 5.75 Å². The third kappa shape index (κ3) is 3.50. The number of halogens is 1. The standard InChI is InChI=1S/C12H18BrNO/c1-3-4-5-11(14)10-8-9(13)6-7-12(10)15-2/h6-8,11H,3-5,14H2,1-2H3/t11-/m0/s1. The van der Waals surface area contributed by atoms with Gasteiger partial charge in [0.15, 0.2) is 0 Å². The van der Waals surface area contributed by atoms with Gasteiger partial charge >= 0.3 is 0 Å². The van der Waals surface area contributed by atoms with E-state index in [0.29, 0.717) is 0 Å². The van der Waals surface area contributed by atoms with Crippen LogP contribution in [0.15, 0.2) is 22.7 Å². The molecule has 0 heterocycles. The highest BCUT2D eigenvalue weighted by Crippen LogP contribution is 2.29. The van der Waals surface area contributed by atoms with E-state index >= 15 is 0 Å². The zero-order chi connectivity index (χ0) is 11.3. The van der Waals surface area contributed by atoms with E-state index in [1.54, 1.807) is 7.11 Å². The van der Waals surface area contributed by atoms with Crippen LogP contribution in [0.4, 0.5) is 0 Å². The van der Waals surface area contributed by atoms with E-state index < -0.39 is 0 Å². The first-order chi connectivity index (χ1) is 7.19. The number of hydrogen-bond donors (Lipinski definition) is 1. The number of unbranched alkanes of at least 4 members (excludes halogenated alkanes) is 1. The third-order valence-corrected chi connectivity index (χ3v) is 2.95. The molecule has 3 heteroatoms. The van der Waals surface area contributed by atoms with E-state index in [0.717, 1.165) is 28.6 Å². The van der Waals surface area contributed by atoms with Crippen LogP contribution in [-0.2, 0) is 0 Å². The van der Waals surface area contributed by atoms with E-state index in [1.165, 1.54) is 6.42 Å². The Bertz CT molecular complexity index is 314. The van der Waals surface area contributed by atoms with Crippen LogP contribution in [0, 0.1) is 0 Å². The second-order valence-electron chi connectivity index (χ2n) is 3.63. The van der Waals surface area contributed by atoms with E-state index in [4.69, 9.17) is 10.5 Å². The summed E-state index contributed by atoms with van der Waals surface area (Å²) in [7, 11) is 1.68. The lowest BCUT2D eigenvalue weighted by Gasteiger charge is -2.15. The van der Waals surface area contributed by atoms with Gasteiger partial charge in [-0.05, 0) is 24.6 Å². The van der Waals surface area contributed by atoms with Crippen LogP contribution in [0.3, 0.4) is 0 Å². The number of hydrogen-bond acceptors (Lipinski definition) is 2. The molecule has 0 amide bonds. The molecule has 0 unspecified atom stereocenters. The van der Waals surface area contributed by atoms with Gasteiger partial charge < -0.3 is 10.5 Å². The molecule has 1 rings (SSSR count). The maximum absolute atomic E-state index is 6.13. The Kier molecular flexibility index (Phi) is 5.12. The number of methoxy groups -OCH3 is 1. The molecule has 0 saturated heterocycles. The van der Waals surface area contributed by atoms with E-state index in [2.05, 4.69) is 22.9 Å². The molecular weight excluding hydrogens is 254 g/mol. The molecule has 0 aliphatic carbocycles. The monoisotopic (exact) mass is 271 g/mol. The number of rotatable bonds is 5. The fourth-order valence-corrected chi connectivity index (χ4v) is 1.95.